The third-order valence-electron chi connectivity index (χ3n) is 3.96. The Kier molecular flexibility index (Phi) is 5.50. The smallest absolute Gasteiger partial charge is 0.0458 e. The van der Waals surface area contributed by atoms with E-state index in [4.69, 9.17) is 0 Å². The number of fused-ring (bicyclic) bond motifs is 1. The van der Waals surface area contributed by atoms with Crippen molar-refractivity contribution in [3.63, 3.8) is 0 Å². The zero-order chi connectivity index (χ0) is 13.5. The summed E-state index contributed by atoms with van der Waals surface area (Å²) in [5.41, 5.74) is 4.39. The molecular formula is C18H27N. The van der Waals surface area contributed by atoms with E-state index in [0.29, 0.717) is 0 Å². The highest BCUT2D eigenvalue weighted by Gasteiger charge is 2.10. The Bertz CT molecular complexity index is 495. The second-order valence-electron chi connectivity index (χ2n) is 5.54. The minimum Gasteiger partial charge on any atom is -0.358 e. The summed E-state index contributed by atoms with van der Waals surface area (Å²) in [4.78, 5) is 3.65. The Labute approximate surface area is 117 Å². The van der Waals surface area contributed by atoms with Crippen molar-refractivity contribution in [3.05, 3.63) is 35.5 Å². The van der Waals surface area contributed by atoms with E-state index in [2.05, 4.69) is 43.1 Å². The quantitative estimate of drug-likeness (QED) is 0.590. The van der Waals surface area contributed by atoms with Gasteiger partial charge >= 0.3 is 0 Å². The van der Waals surface area contributed by atoms with Gasteiger partial charge in [0.15, 0.2) is 0 Å². The number of unbranched alkanes of at least 4 members (excludes halogenated alkanes) is 4. The molecule has 2 rings (SSSR count). The number of hydrogen-bond donors (Lipinski definition) is 1. The standard InChI is InChI=1S/C18H27N/c1-3-5-7-11-15-16-12-9-10-14-18(16)19-17(15)13-8-6-4-2/h9-10,12,14,19H,3-8,11,13H2,1-2H3. The van der Waals surface area contributed by atoms with Crippen LogP contribution < -0.4 is 0 Å². The monoisotopic (exact) mass is 257 g/mol. The normalized spacial score (nSPS) is 11.3. The van der Waals surface area contributed by atoms with Crippen molar-refractivity contribution in [2.75, 3.05) is 0 Å². The number of H-pyrrole nitrogens is 1. The van der Waals surface area contributed by atoms with Crippen molar-refractivity contribution in [2.24, 2.45) is 0 Å². The SMILES string of the molecule is CCCCCc1[nH]c2ccccc2c1CCCCC. The van der Waals surface area contributed by atoms with Gasteiger partial charge in [-0.3, -0.25) is 0 Å². The van der Waals surface area contributed by atoms with E-state index in [1.807, 2.05) is 0 Å². The molecule has 1 heterocycles. The van der Waals surface area contributed by atoms with Gasteiger partial charge in [-0.15, -0.1) is 0 Å². The molecule has 2 aromatic rings. The highest BCUT2D eigenvalue weighted by atomic mass is 14.7. The van der Waals surface area contributed by atoms with Gasteiger partial charge in [0.2, 0.25) is 0 Å². The molecule has 0 aliphatic carbocycles. The van der Waals surface area contributed by atoms with E-state index in [1.165, 1.54) is 68.0 Å². The first-order valence-corrected chi connectivity index (χ1v) is 7.95. The first-order chi connectivity index (χ1) is 9.36. The van der Waals surface area contributed by atoms with E-state index < -0.39 is 0 Å². The highest BCUT2D eigenvalue weighted by Crippen LogP contribution is 2.25. The van der Waals surface area contributed by atoms with Gasteiger partial charge in [-0.05, 0) is 37.3 Å². The molecule has 0 fully saturated rings. The van der Waals surface area contributed by atoms with Crippen LogP contribution in [0.15, 0.2) is 24.3 Å². The van der Waals surface area contributed by atoms with Crippen LogP contribution in [0.2, 0.25) is 0 Å². The molecule has 1 heteroatoms. The van der Waals surface area contributed by atoms with E-state index in [-0.39, 0.29) is 0 Å². The predicted octanol–water partition coefficient (Wildman–Crippen LogP) is 5.63. The lowest BCUT2D eigenvalue weighted by Crippen LogP contribution is -1.93. The summed E-state index contributed by atoms with van der Waals surface area (Å²) in [5, 5.41) is 1.45. The van der Waals surface area contributed by atoms with E-state index in [1.54, 1.807) is 5.56 Å². The van der Waals surface area contributed by atoms with Gasteiger partial charge in [-0.2, -0.15) is 0 Å². The molecule has 0 saturated carbocycles. The van der Waals surface area contributed by atoms with Crippen molar-refractivity contribution < 1.29 is 0 Å². The largest absolute Gasteiger partial charge is 0.358 e. The number of benzene rings is 1. The molecule has 1 aromatic carbocycles. The molecule has 0 spiro atoms. The van der Waals surface area contributed by atoms with Gasteiger partial charge in [-0.25, -0.2) is 0 Å². The first kappa shape index (κ1) is 14.2. The number of aryl methyl sites for hydroxylation is 2. The third kappa shape index (κ3) is 3.62. The zero-order valence-corrected chi connectivity index (χ0v) is 12.5. The molecule has 1 N–H and O–H groups in total. The summed E-state index contributed by atoms with van der Waals surface area (Å²) in [5.74, 6) is 0. The van der Waals surface area contributed by atoms with Gasteiger partial charge in [-0.1, -0.05) is 57.7 Å². The van der Waals surface area contributed by atoms with Crippen molar-refractivity contribution in [3.8, 4) is 0 Å². The molecule has 0 bridgehead atoms. The average molecular weight is 257 g/mol. The lowest BCUT2D eigenvalue weighted by molar-refractivity contribution is 0.690. The summed E-state index contributed by atoms with van der Waals surface area (Å²) in [6, 6.07) is 8.78. The number of para-hydroxylation sites is 1. The summed E-state index contributed by atoms with van der Waals surface area (Å²) in [6.07, 6.45) is 10.4. The Morgan fingerprint density at radius 2 is 1.53 bits per heavy atom. The second kappa shape index (κ2) is 7.37. The predicted molar refractivity (Wildman–Crippen MR) is 84.8 cm³/mol. The van der Waals surface area contributed by atoms with Crippen LogP contribution in [0, 0.1) is 0 Å². The number of aromatic nitrogens is 1. The fourth-order valence-electron chi connectivity index (χ4n) is 2.86. The summed E-state index contributed by atoms with van der Waals surface area (Å²) >= 11 is 0. The van der Waals surface area contributed by atoms with Gasteiger partial charge in [0, 0.05) is 16.6 Å². The minimum absolute atomic E-state index is 1.21. The Morgan fingerprint density at radius 3 is 2.26 bits per heavy atom. The van der Waals surface area contributed by atoms with Crippen LogP contribution in [0.1, 0.15) is 63.6 Å². The number of hydrogen-bond acceptors (Lipinski definition) is 0. The maximum Gasteiger partial charge on any atom is 0.0458 e. The maximum atomic E-state index is 3.65. The van der Waals surface area contributed by atoms with Gasteiger partial charge < -0.3 is 4.98 Å². The van der Waals surface area contributed by atoms with Crippen LogP contribution in [0.4, 0.5) is 0 Å². The second-order valence-corrected chi connectivity index (χ2v) is 5.54. The molecule has 0 atom stereocenters. The summed E-state index contributed by atoms with van der Waals surface area (Å²) in [6.45, 7) is 4.55. The summed E-state index contributed by atoms with van der Waals surface area (Å²) < 4.78 is 0. The van der Waals surface area contributed by atoms with E-state index >= 15 is 0 Å². The van der Waals surface area contributed by atoms with Crippen LogP contribution in [0.5, 0.6) is 0 Å². The lowest BCUT2D eigenvalue weighted by atomic mass is 10.0. The lowest BCUT2D eigenvalue weighted by Gasteiger charge is -2.04. The van der Waals surface area contributed by atoms with E-state index in [9.17, 15) is 0 Å². The van der Waals surface area contributed by atoms with Gasteiger partial charge in [0.05, 0.1) is 0 Å². The molecular weight excluding hydrogens is 230 g/mol. The molecule has 1 nitrogen and oxygen atoms in total. The van der Waals surface area contributed by atoms with Crippen LogP contribution in [-0.2, 0) is 12.8 Å². The number of aromatic amines is 1. The topological polar surface area (TPSA) is 15.8 Å². The maximum absolute atomic E-state index is 3.65. The van der Waals surface area contributed by atoms with E-state index in [0.717, 1.165) is 0 Å². The first-order valence-electron chi connectivity index (χ1n) is 7.95. The van der Waals surface area contributed by atoms with Crippen molar-refractivity contribution in [1.29, 1.82) is 0 Å². The van der Waals surface area contributed by atoms with Crippen molar-refractivity contribution >= 4 is 10.9 Å². The molecule has 0 aliphatic heterocycles. The molecule has 104 valence electrons. The van der Waals surface area contributed by atoms with Crippen LogP contribution in [0.3, 0.4) is 0 Å². The Morgan fingerprint density at radius 1 is 0.842 bits per heavy atom. The van der Waals surface area contributed by atoms with Crippen LogP contribution >= 0.6 is 0 Å². The third-order valence-corrected chi connectivity index (χ3v) is 3.96. The van der Waals surface area contributed by atoms with Crippen LogP contribution in [-0.4, -0.2) is 4.98 Å². The fraction of sp³-hybridized carbons (Fsp3) is 0.556. The fourth-order valence-corrected chi connectivity index (χ4v) is 2.86. The molecule has 0 saturated heterocycles. The molecule has 1 aromatic heterocycles. The Balaban J connectivity index is 2.18. The minimum atomic E-state index is 1.21. The number of rotatable bonds is 8. The zero-order valence-electron chi connectivity index (χ0n) is 12.5. The van der Waals surface area contributed by atoms with Crippen LogP contribution in [0.25, 0.3) is 10.9 Å². The van der Waals surface area contributed by atoms with Gasteiger partial charge in [0.1, 0.15) is 0 Å². The molecule has 19 heavy (non-hydrogen) atoms. The van der Waals surface area contributed by atoms with Gasteiger partial charge in [0.25, 0.3) is 0 Å². The molecule has 0 aliphatic rings. The Hall–Kier alpha value is -1.24. The molecule has 0 radical (unpaired) electrons. The highest BCUT2D eigenvalue weighted by molar-refractivity contribution is 5.84. The van der Waals surface area contributed by atoms with Crippen molar-refractivity contribution in [2.45, 2.75) is 65.2 Å². The molecule has 0 amide bonds. The summed E-state index contributed by atoms with van der Waals surface area (Å²) in [7, 11) is 0. The molecule has 0 unspecified atom stereocenters. The number of nitrogens with one attached hydrogen (secondary N) is 1. The van der Waals surface area contributed by atoms with Crippen molar-refractivity contribution in [1.82, 2.24) is 4.98 Å². The average Bonchev–Trinajstić information content (AvgIpc) is 2.78.